The molecule has 1 rings (SSSR count). The average molecular weight is 290 g/mol. The Bertz CT molecular complexity index is 468. The third-order valence-corrected chi connectivity index (χ3v) is 5.59. The molecule has 1 unspecified atom stereocenters. The second kappa shape index (κ2) is 6.55. The van der Waals surface area contributed by atoms with Gasteiger partial charge in [0.25, 0.3) is 0 Å². The van der Waals surface area contributed by atoms with Crippen LogP contribution in [-0.2, 0) is 9.84 Å². The van der Waals surface area contributed by atoms with Gasteiger partial charge in [0.2, 0.25) is 0 Å². The fourth-order valence-electron chi connectivity index (χ4n) is 1.70. The molecule has 18 heavy (non-hydrogen) atoms. The summed E-state index contributed by atoms with van der Waals surface area (Å²) >= 11 is 5.82. The van der Waals surface area contributed by atoms with E-state index in [-0.39, 0.29) is 16.9 Å². The van der Waals surface area contributed by atoms with Crippen LogP contribution in [0.3, 0.4) is 0 Å². The van der Waals surface area contributed by atoms with E-state index in [2.05, 4.69) is 0 Å². The number of hydrogen-bond donors (Lipinski definition) is 1. The zero-order valence-corrected chi connectivity index (χ0v) is 12.3. The molecule has 1 aromatic rings. The van der Waals surface area contributed by atoms with Crippen LogP contribution in [0, 0.1) is 0 Å². The summed E-state index contributed by atoms with van der Waals surface area (Å²) in [4.78, 5) is 0. The van der Waals surface area contributed by atoms with Crippen molar-refractivity contribution < 1.29 is 8.42 Å². The van der Waals surface area contributed by atoms with E-state index in [0.29, 0.717) is 18.0 Å². The van der Waals surface area contributed by atoms with Crippen molar-refractivity contribution in [3.63, 3.8) is 0 Å². The third-order valence-electron chi connectivity index (χ3n) is 3.09. The second-order valence-corrected chi connectivity index (χ2v) is 7.80. The van der Waals surface area contributed by atoms with Crippen molar-refractivity contribution in [1.82, 2.24) is 0 Å². The molecule has 102 valence electrons. The summed E-state index contributed by atoms with van der Waals surface area (Å²) in [6.45, 7) is 3.85. The standard InChI is InChI=1S/C13H20ClNO2S/c1-10(2)18(16,17)8-7-12(9-15)11-3-5-13(14)6-4-11/h3-6,10,12H,7-9,15H2,1-2H3. The fraction of sp³-hybridized carbons (Fsp3) is 0.538. The van der Waals surface area contributed by atoms with Gasteiger partial charge >= 0.3 is 0 Å². The zero-order chi connectivity index (χ0) is 13.8. The van der Waals surface area contributed by atoms with Crippen molar-refractivity contribution in [2.24, 2.45) is 5.73 Å². The van der Waals surface area contributed by atoms with Crippen LogP contribution in [0.4, 0.5) is 0 Å². The third kappa shape index (κ3) is 4.26. The van der Waals surface area contributed by atoms with Gasteiger partial charge < -0.3 is 5.73 Å². The van der Waals surface area contributed by atoms with Gasteiger partial charge in [0.05, 0.1) is 11.0 Å². The van der Waals surface area contributed by atoms with Crippen LogP contribution >= 0.6 is 11.6 Å². The normalized spacial score (nSPS) is 13.8. The highest BCUT2D eigenvalue weighted by atomic mass is 35.5. The first-order valence-electron chi connectivity index (χ1n) is 6.04. The molecule has 1 atom stereocenters. The molecule has 0 fully saturated rings. The van der Waals surface area contributed by atoms with Crippen molar-refractivity contribution in [3.05, 3.63) is 34.9 Å². The number of benzene rings is 1. The van der Waals surface area contributed by atoms with Gasteiger partial charge in [-0.3, -0.25) is 0 Å². The molecule has 0 bridgehead atoms. The number of sulfone groups is 1. The van der Waals surface area contributed by atoms with Crippen molar-refractivity contribution in [3.8, 4) is 0 Å². The predicted octanol–water partition coefficient (Wildman–Crippen LogP) is 2.60. The second-order valence-electron chi connectivity index (χ2n) is 4.69. The van der Waals surface area contributed by atoms with Crippen molar-refractivity contribution in [2.45, 2.75) is 31.4 Å². The van der Waals surface area contributed by atoms with E-state index in [9.17, 15) is 8.42 Å². The predicted molar refractivity (Wildman–Crippen MR) is 76.8 cm³/mol. The molecule has 0 aromatic heterocycles. The highest BCUT2D eigenvalue weighted by Gasteiger charge is 2.19. The Morgan fingerprint density at radius 3 is 2.22 bits per heavy atom. The van der Waals surface area contributed by atoms with E-state index in [4.69, 9.17) is 17.3 Å². The molecular formula is C13H20ClNO2S. The molecule has 0 aliphatic rings. The number of hydrogen-bond acceptors (Lipinski definition) is 3. The maximum absolute atomic E-state index is 11.8. The van der Waals surface area contributed by atoms with Crippen LogP contribution < -0.4 is 5.73 Å². The van der Waals surface area contributed by atoms with Crippen molar-refractivity contribution in [2.75, 3.05) is 12.3 Å². The van der Waals surface area contributed by atoms with Gasteiger partial charge in [-0.25, -0.2) is 8.42 Å². The molecular weight excluding hydrogens is 270 g/mol. The van der Waals surface area contributed by atoms with E-state index in [0.717, 1.165) is 5.56 Å². The van der Waals surface area contributed by atoms with Gasteiger partial charge in [-0.05, 0) is 50.4 Å². The number of nitrogens with two attached hydrogens (primary N) is 1. The highest BCUT2D eigenvalue weighted by Crippen LogP contribution is 2.22. The quantitative estimate of drug-likeness (QED) is 0.876. The number of halogens is 1. The van der Waals surface area contributed by atoms with E-state index in [1.807, 2.05) is 12.1 Å². The molecule has 0 saturated carbocycles. The van der Waals surface area contributed by atoms with Crippen molar-refractivity contribution in [1.29, 1.82) is 0 Å². The van der Waals surface area contributed by atoms with Gasteiger partial charge in [-0.15, -0.1) is 0 Å². The maximum Gasteiger partial charge on any atom is 0.152 e. The van der Waals surface area contributed by atoms with Crippen LogP contribution in [0.5, 0.6) is 0 Å². The Kier molecular flexibility index (Phi) is 5.63. The zero-order valence-electron chi connectivity index (χ0n) is 10.8. The van der Waals surface area contributed by atoms with Crippen LogP contribution in [-0.4, -0.2) is 26.0 Å². The Labute approximate surface area is 114 Å². The van der Waals surface area contributed by atoms with E-state index in [1.165, 1.54) is 0 Å². The Morgan fingerprint density at radius 1 is 1.22 bits per heavy atom. The van der Waals surface area contributed by atoms with Gasteiger partial charge in [0.15, 0.2) is 9.84 Å². The SMILES string of the molecule is CC(C)S(=O)(=O)CCC(CN)c1ccc(Cl)cc1. The van der Waals surface area contributed by atoms with Gasteiger partial charge in [-0.1, -0.05) is 23.7 Å². The minimum atomic E-state index is -3.00. The maximum atomic E-state index is 11.8. The lowest BCUT2D eigenvalue weighted by molar-refractivity contribution is 0.576. The van der Waals surface area contributed by atoms with E-state index in [1.54, 1.807) is 26.0 Å². The van der Waals surface area contributed by atoms with Gasteiger partial charge in [-0.2, -0.15) is 0 Å². The van der Waals surface area contributed by atoms with Crippen LogP contribution in [0.1, 0.15) is 31.7 Å². The summed E-state index contributed by atoms with van der Waals surface area (Å²) in [6.07, 6.45) is 0.554. The molecule has 0 aliphatic heterocycles. The van der Waals surface area contributed by atoms with E-state index >= 15 is 0 Å². The molecule has 0 spiro atoms. The van der Waals surface area contributed by atoms with Gasteiger partial charge in [0, 0.05) is 5.02 Å². The fourth-order valence-corrected chi connectivity index (χ4v) is 2.91. The summed E-state index contributed by atoms with van der Waals surface area (Å²) in [7, 11) is -3.00. The highest BCUT2D eigenvalue weighted by molar-refractivity contribution is 7.91. The molecule has 0 heterocycles. The average Bonchev–Trinajstić information content (AvgIpc) is 2.31. The molecule has 5 heteroatoms. The summed E-state index contributed by atoms with van der Waals surface area (Å²) < 4.78 is 23.5. The molecule has 1 aromatic carbocycles. The Balaban J connectivity index is 2.72. The van der Waals surface area contributed by atoms with Crippen molar-refractivity contribution >= 4 is 21.4 Å². The Morgan fingerprint density at radius 2 is 1.78 bits per heavy atom. The molecule has 0 amide bonds. The lowest BCUT2D eigenvalue weighted by atomic mass is 9.97. The van der Waals surface area contributed by atoms with Crippen LogP contribution in [0.2, 0.25) is 5.02 Å². The van der Waals surface area contributed by atoms with Crippen LogP contribution in [0.15, 0.2) is 24.3 Å². The molecule has 3 nitrogen and oxygen atoms in total. The largest absolute Gasteiger partial charge is 0.330 e. The summed E-state index contributed by atoms with van der Waals surface area (Å²) in [5.74, 6) is 0.241. The first-order valence-corrected chi connectivity index (χ1v) is 8.13. The van der Waals surface area contributed by atoms with E-state index < -0.39 is 9.84 Å². The molecule has 0 aliphatic carbocycles. The molecule has 0 saturated heterocycles. The summed E-state index contributed by atoms with van der Waals surface area (Å²) in [5, 5.41) is 0.338. The summed E-state index contributed by atoms with van der Waals surface area (Å²) in [5.41, 5.74) is 6.76. The topological polar surface area (TPSA) is 60.2 Å². The minimum Gasteiger partial charge on any atom is -0.330 e. The summed E-state index contributed by atoms with van der Waals surface area (Å²) in [6, 6.07) is 7.41. The molecule has 2 N–H and O–H groups in total. The number of rotatable bonds is 6. The first kappa shape index (κ1) is 15.5. The minimum absolute atomic E-state index is 0.0655. The van der Waals surface area contributed by atoms with Gasteiger partial charge in [0.1, 0.15) is 0 Å². The first-order chi connectivity index (χ1) is 8.36. The smallest absolute Gasteiger partial charge is 0.152 e. The van der Waals surface area contributed by atoms with Crippen LogP contribution in [0.25, 0.3) is 0 Å². The monoisotopic (exact) mass is 289 g/mol. The Hall–Kier alpha value is -0.580. The lowest BCUT2D eigenvalue weighted by Gasteiger charge is -2.16. The lowest BCUT2D eigenvalue weighted by Crippen LogP contribution is -2.22. The molecule has 0 radical (unpaired) electrons.